The molecule has 2 saturated heterocycles. The highest BCUT2D eigenvalue weighted by Crippen LogP contribution is 2.26. The summed E-state index contributed by atoms with van der Waals surface area (Å²) < 4.78 is 2.46. The van der Waals surface area contributed by atoms with E-state index in [1.165, 1.54) is 25.9 Å². The van der Waals surface area contributed by atoms with E-state index in [0.717, 1.165) is 43.2 Å². The third kappa shape index (κ3) is 5.65. The van der Waals surface area contributed by atoms with Crippen LogP contribution in [-0.2, 0) is 4.79 Å². The third-order valence-corrected chi connectivity index (χ3v) is 5.58. The Hall–Kier alpha value is -0.220. The van der Waals surface area contributed by atoms with E-state index in [9.17, 15) is 4.79 Å². The Morgan fingerprint density at radius 3 is 1.85 bits per heavy atom. The van der Waals surface area contributed by atoms with Crippen LogP contribution < -0.4 is 0 Å². The molecule has 0 saturated carbocycles. The molecule has 4 heteroatoms. The summed E-state index contributed by atoms with van der Waals surface area (Å²) in [7, 11) is 0. The summed E-state index contributed by atoms with van der Waals surface area (Å²) in [5.74, 6) is 3.29. The molecule has 1 amide bonds. The van der Waals surface area contributed by atoms with Gasteiger partial charge < -0.3 is 4.90 Å². The van der Waals surface area contributed by atoms with Gasteiger partial charge in [0.05, 0.1) is 0 Å². The lowest BCUT2D eigenvalue weighted by Crippen LogP contribution is -2.19. The molecule has 2 unspecified atom stereocenters. The average Bonchev–Trinajstić information content (AvgIpc) is 3.08. The van der Waals surface area contributed by atoms with Gasteiger partial charge in [0.25, 0.3) is 0 Å². The van der Waals surface area contributed by atoms with E-state index < -0.39 is 0 Å². The van der Waals surface area contributed by atoms with Crippen LogP contribution in [0.5, 0.6) is 0 Å². The van der Waals surface area contributed by atoms with E-state index in [1.54, 1.807) is 0 Å². The minimum Gasteiger partial charge on any atom is -0.345 e. The number of carbonyl (C=O) groups is 1. The van der Waals surface area contributed by atoms with Gasteiger partial charge in [-0.2, -0.15) is 0 Å². The first-order valence-corrected chi connectivity index (χ1v) is 9.14. The van der Waals surface area contributed by atoms with Crippen molar-refractivity contribution in [3.8, 4) is 0 Å². The lowest BCUT2D eigenvalue weighted by Gasteiger charge is -2.14. The van der Waals surface area contributed by atoms with E-state index in [1.807, 2.05) is 16.8 Å². The van der Waals surface area contributed by atoms with Gasteiger partial charge in [0.1, 0.15) is 0 Å². The Kier molecular flexibility index (Phi) is 7.96. The van der Waals surface area contributed by atoms with Crippen molar-refractivity contribution >= 4 is 18.4 Å². The van der Waals surface area contributed by atoms with Crippen LogP contribution in [0.15, 0.2) is 0 Å². The molecule has 2 aliphatic rings. The highest BCUT2D eigenvalue weighted by molar-refractivity contribution is 7.96. The molecule has 2 heterocycles. The van der Waals surface area contributed by atoms with Gasteiger partial charge in [0, 0.05) is 26.2 Å². The molecule has 2 aliphatic heterocycles. The van der Waals surface area contributed by atoms with E-state index >= 15 is 0 Å². The molecule has 0 aromatic heterocycles. The standard InChI is InChI=1S/C8H15NO.C8H17NS/c1-7(2)8-3-4-9(5-8)6-10;1-7(2)8-4-5-9(6-8)10-3/h6-8H,3-5H2,1-2H3;7-8H,4-6H2,1-3H3. The molecule has 3 nitrogen and oxygen atoms in total. The van der Waals surface area contributed by atoms with Crippen molar-refractivity contribution in [1.29, 1.82) is 0 Å². The summed E-state index contributed by atoms with van der Waals surface area (Å²) in [5, 5.41) is 0. The molecule has 0 radical (unpaired) electrons. The second-order valence-corrected chi connectivity index (χ2v) is 7.64. The van der Waals surface area contributed by atoms with Gasteiger partial charge in [0.15, 0.2) is 0 Å². The van der Waals surface area contributed by atoms with Crippen LogP contribution in [0.4, 0.5) is 0 Å². The summed E-state index contributed by atoms with van der Waals surface area (Å²) in [6.07, 6.45) is 5.72. The Bertz CT molecular complexity index is 284. The van der Waals surface area contributed by atoms with Crippen molar-refractivity contribution in [2.75, 3.05) is 32.4 Å². The monoisotopic (exact) mass is 300 g/mol. The van der Waals surface area contributed by atoms with Gasteiger partial charge in [-0.1, -0.05) is 39.6 Å². The number of likely N-dealkylation sites (tertiary alicyclic amines) is 1. The van der Waals surface area contributed by atoms with Gasteiger partial charge in [0.2, 0.25) is 6.41 Å². The topological polar surface area (TPSA) is 23.6 Å². The summed E-state index contributed by atoms with van der Waals surface area (Å²) in [5.41, 5.74) is 0. The lowest BCUT2D eigenvalue weighted by atomic mass is 9.95. The first kappa shape index (κ1) is 17.8. The number of rotatable bonds is 4. The van der Waals surface area contributed by atoms with Crippen LogP contribution in [0.3, 0.4) is 0 Å². The van der Waals surface area contributed by atoms with Gasteiger partial charge >= 0.3 is 0 Å². The Balaban J connectivity index is 0.000000200. The summed E-state index contributed by atoms with van der Waals surface area (Å²) >= 11 is 1.89. The molecule has 0 bridgehead atoms. The maximum Gasteiger partial charge on any atom is 0.209 e. The Labute approximate surface area is 129 Å². The van der Waals surface area contributed by atoms with Crippen LogP contribution in [-0.4, -0.2) is 48.1 Å². The number of nitrogens with zero attached hydrogens (tertiary/aromatic N) is 2. The van der Waals surface area contributed by atoms with Crippen LogP contribution in [0, 0.1) is 23.7 Å². The first-order valence-electron chi connectivity index (χ1n) is 7.96. The normalized spacial score (nSPS) is 27.1. The highest BCUT2D eigenvalue weighted by atomic mass is 32.2. The molecule has 0 aromatic rings. The molecule has 118 valence electrons. The smallest absolute Gasteiger partial charge is 0.209 e. The van der Waals surface area contributed by atoms with Crippen LogP contribution in [0.2, 0.25) is 0 Å². The highest BCUT2D eigenvalue weighted by Gasteiger charge is 2.24. The van der Waals surface area contributed by atoms with Gasteiger partial charge in [-0.25, -0.2) is 0 Å². The summed E-state index contributed by atoms with van der Waals surface area (Å²) in [6, 6.07) is 0. The van der Waals surface area contributed by atoms with Crippen LogP contribution in [0.25, 0.3) is 0 Å². The lowest BCUT2D eigenvalue weighted by molar-refractivity contribution is -0.117. The van der Waals surface area contributed by atoms with Crippen molar-refractivity contribution < 1.29 is 4.79 Å². The zero-order valence-electron chi connectivity index (χ0n) is 13.8. The fourth-order valence-electron chi connectivity index (χ4n) is 2.92. The maximum atomic E-state index is 10.3. The summed E-state index contributed by atoms with van der Waals surface area (Å²) in [6.45, 7) is 13.6. The molecule has 2 rings (SSSR count). The van der Waals surface area contributed by atoms with Gasteiger partial charge in [-0.05, 0) is 42.8 Å². The SMILES string of the molecule is CC(C)C1CCN(C=O)C1.CSN1CCC(C(C)C)C1. The minimum absolute atomic E-state index is 0.727. The molecule has 2 fully saturated rings. The maximum absolute atomic E-state index is 10.3. The zero-order chi connectivity index (χ0) is 15.1. The van der Waals surface area contributed by atoms with Crippen LogP contribution in [0.1, 0.15) is 40.5 Å². The largest absolute Gasteiger partial charge is 0.345 e. The van der Waals surface area contributed by atoms with Crippen LogP contribution >= 0.6 is 11.9 Å². The number of amides is 1. The zero-order valence-corrected chi connectivity index (χ0v) is 14.7. The molecule has 0 spiro atoms. The van der Waals surface area contributed by atoms with E-state index in [-0.39, 0.29) is 0 Å². The number of hydrogen-bond donors (Lipinski definition) is 0. The van der Waals surface area contributed by atoms with E-state index in [2.05, 4.69) is 38.3 Å². The van der Waals surface area contributed by atoms with Crippen molar-refractivity contribution in [3.63, 3.8) is 0 Å². The molecular formula is C16H32N2OS. The second kappa shape index (κ2) is 8.93. The average molecular weight is 301 g/mol. The van der Waals surface area contributed by atoms with Crippen molar-refractivity contribution in [3.05, 3.63) is 0 Å². The van der Waals surface area contributed by atoms with Crippen molar-refractivity contribution in [2.45, 2.75) is 40.5 Å². The summed E-state index contributed by atoms with van der Waals surface area (Å²) in [4.78, 5) is 12.2. The van der Waals surface area contributed by atoms with E-state index in [0.29, 0.717) is 0 Å². The molecule has 20 heavy (non-hydrogen) atoms. The van der Waals surface area contributed by atoms with Crippen molar-refractivity contribution in [1.82, 2.24) is 9.21 Å². The predicted molar refractivity (Wildman–Crippen MR) is 88.6 cm³/mol. The Morgan fingerprint density at radius 1 is 1.00 bits per heavy atom. The van der Waals surface area contributed by atoms with Gasteiger partial charge in [-0.15, -0.1) is 0 Å². The predicted octanol–water partition coefficient (Wildman–Crippen LogP) is 3.36. The second-order valence-electron chi connectivity index (χ2n) is 6.76. The Morgan fingerprint density at radius 2 is 1.55 bits per heavy atom. The molecule has 0 N–H and O–H groups in total. The quantitative estimate of drug-likeness (QED) is 0.587. The van der Waals surface area contributed by atoms with Gasteiger partial charge in [-0.3, -0.25) is 9.10 Å². The first-order chi connectivity index (χ1) is 9.47. The number of hydrogen-bond acceptors (Lipinski definition) is 3. The fourth-order valence-corrected chi connectivity index (χ4v) is 3.55. The van der Waals surface area contributed by atoms with E-state index in [4.69, 9.17) is 0 Å². The number of carbonyl (C=O) groups excluding carboxylic acids is 1. The van der Waals surface area contributed by atoms with Crippen molar-refractivity contribution in [2.24, 2.45) is 23.7 Å². The fraction of sp³-hybridized carbons (Fsp3) is 0.938. The third-order valence-electron chi connectivity index (χ3n) is 4.74. The molecule has 0 aromatic carbocycles. The minimum atomic E-state index is 0.727. The molecule has 2 atom stereocenters. The molecular weight excluding hydrogens is 268 g/mol. The molecule has 0 aliphatic carbocycles.